The molecule has 0 bridgehead atoms. The smallest absolute Gasteiger partial charge is 0.0212 e. The zero-order chi connectivity index (χ0) is 7.52. The van der Waals surface area contributed by atoms with E-state index in [1.54, 1.807) is 0 Å². The maximum atomic E-state index is 2.44. The third kappa shape index (κ3) is 0.466. The summed E-state index contributed by atoms with van der Waals surface area (Å²) in [7, 11) is 0. The predicted molar refractivity (Wildman–Crippen MR) is 43.7 cm³/mol. The molecular formula is C10H18. The molecule has 0 aromatic heterocycles. The van der Waals surface area contributed by atoms with Crippen molar-refractivity contribution >= 4 is 0 Å². The zero-order valence-corrected chi connectivity index (χ0v) is 7.52. The van der Waals surface area contributed by atoms with Gasteiger partial charge in [-0.25, -0.2) is 0 Å². The van der Waals surface area contributed by atoms with E-state index in [2.05, 4.69) is 27.7 Å². The van der Waals surface area contributed by atoms with E-state index in [1.807, 2.05) is 0 Å². The largest absolute Gasteiger partial charge is 0.0622 e. The summed E-state index contributed by atoms with van der Waals surface area (Å²) in [6, 6.07) is 0. The molecule has 0 spiro atoms. The lowest BCUT2D eigenvalue weighted by Crippen LogP contribution is -2.38. The van der Waals surface area contributed by atoms with Crippen LogP contribution in [0, 0.1) is 29.1 Å². The van der Waals surface area contributed by atoms with Crippen LogP contribution < -0.4 is 0 Å². The fraction of sp³-hybridized carbons (Fsp3) is 1.00. The molecule has 0 nitrogen and oxygen atoms in total. The van der Waals surface area contributed by atoms with Gasteiger partial charge in [-0.1, -0.05) is 27.7 Å². The first-order valence-corrected chi connectivity index (χ1v) is 4.60. The normalized spacial score (nSPS) is 57.9. The summed E-state index contributed by atoms with van der Waals surface area (Å²) in [5.41, 5.74) is 0.819. The lowest BCUT2D eigenvalue weighted by atomic mass is 9.62. The predicted octanol–water partition coefficient (Wildman–Crippen LogP) is 2.93. The van der Waals surface area contributed by atoms with E-state index in [0.29, 0.717) is 0 Å². The molecule has 0 aromatic carbocycles. The van der Waals surface area contributed by atoms with Crippen LogP contribution in [-0.2, 0) is 0 Å². The van der Waals surface area contributed by atoms with Crippen LogP contribution in [0.1, 0.15) is 34.1 Å². The maximum Gasteiger partial charge on any atom is -0.0212 e. The number of fused-ring (bicyclic) bond motifs is 1. The fourth-order valence-corrected chi connectivity index (χ4v) is 3.43. The first-order chi connectivity index (χ1) is 4.60. The third-order valence-electron chi connectivity index (χ3n) is 4.45. The van der Waals surface area contributed by atoms with Crippen LogP contribution in [0.25, 0.3) is 0 Å². The Bertz CT molecular complexity index is 159. The van der Waals surface area contributed by atoms with E-state index >= 15 is 0 Å². The van der Waals surface area contributed by atoms with Crippen LogP contribution >= 0.6 is 0 Å². The van der Waals surface area contributed by atoms with Crippen molar-refractivity contribution in [1.82, 2.24) is 0 Å². The van der Waals surface area contributed by atoms with Crippen LogP contribution in [-0.4, -0.2) is 0 Å². The van der Waals surface area contributed by atoms with Crippen molar-refractivity contribution in [1.29, 1.82) is 0 Å². The van der Waals surface area contributed by atoms with Gasteiger partial charge in [0.2, 0.25) is 0 Å². The van der Waals surface area contributed by atoms with Gasteiger partial charge in [-0.2, -0.15) is 0 Å². The molecule has 2 rings (SSSR count). The number of hydrogen-bond donors (Lipinski definition) is 0. The third-order valence-corrected chi connectivity index (χ3v) is 4.45. The molecule has 0 radical (unpaired) electrons. The van der Waals surface area contributed by atoms with Gasteiger partial charge in [0.25, 0.3) is 0 Å². The Hall–Kier alpha value is 0. The minimum Gasteiger partial charge on any atom is -0.0622 e. The Labute approximate surface area is 64.0 Å². The molecule has 0 heteroatoms. The van der Waals surface area contributed by atoms with E-state index in [9.17, 15) is 0 Å². The van der Waals surface area contributed by atoms with Crippen molar-refractivity contribution in [3.63, 3.8) is 0 Å². The molecule has 0 aromatic rings. The minimum absolute atomic E-state index is 0.819. The molecule has 0 amide bonds. The molecule has 2 saturated carbocycles. The highest BCUT2D eigenvalue weighted by Gasteiger charge is 2.70. The average Bonchev–Trinajstić information content (AvgIpc) is 2.58. The van der Waals surface area contributed by atoms with Gasteiger partial charge in [0.05, 0.1) is 0 Å². The second kappa shape index (κ2) is 1.60. The van der Waals surface area contributed by atoms with Gasteiger partial charge in [-0.15, -0.1) is 0 Å². The average molecular weight is 138 g/mol. The molecule has 2 aliphatic rings. The Kier molecular flexibility index (Phi) is 1.07. The van der Waals surface area contributed by atoms with E-state index in [-0.39, 0.29) is 0 Å². The van der Waals surface area contributed by atoms with Gasteiger partial charge in [0.1, 0.15) is 0 Å². The first-order valence-electron chi connectivity index (χ1n) is 4.60. The summed E-state index contributed by atoms with van der Waals surface area (Å²) in [5, 5.41) is 0. The lowest BCUT2D eigenvalue weighted by Gasteiger charge is -2.43. The summed E-state index contributed by atoms with van der Waals surface area (Å²) in [5.74, 6) is 4.09. The Balaban J connectivity index is 2.12. The quantitative estimate of drug-likeness (QED) is 0.522. The summed E-state index contributed by atoms with van der Waals surface area (Å²) >= 11 is 0. The molecule has 10 heavy (non-hydrogen) atoms. The first kappa shape index (κ1) is 6.69. The highest BCUT2D eigenvalue weighted by Crippen LogP contribution is 2.76. The van der Waals surface area contributed by atoms with Gasteiger partial charge < -0.3 is 0 Å². The van der Waals surface area contributed by atoms with Crippen molar-refractivity contribution in [2.24, 2.45) is 29.1 Å². The molecule has 2 fully saturated rings. The standard InChI is InChI=1S/C10H18/c1-6(2)10-5-9(10)7(3)8(10)4/h6-9H,5H2,1-4H3. The highest BCUT2D eigenvalue weighted by atomic mass is 14.7. The molecular weight excluding hydrogens is 120 g/mol. The molecule has 0 heterocycles. The van der Waals surface area contributed by atoms with Crippen LogP contribution in [0.15, 0.2) is 0 Å². The van der Waals surface area contributed by atoms with Crippen molar-refractivity contribution in [3.05, 3.63) is 0 Å². The summed E-state index contributed by atoms with van der Waals surface area (Å²) in [4.78, 5) is 0. The summed E-state index contributed by atoms with van der Waals surface area (Å²) < 4.78 is 0. The maximum absolute atomic E-state index is 2.44. The van der Waals surface area contributed by atoms with Crippen molar-refractivity contribution in [2.45, 2.75) is 34.1 Å². The van der Waals surface area contributed by atoms with Gasteiger partial charge >= 0.3 is 0 Å². The fourth-order valence-electron chi connectivity index (χ4n) is 3.43. The Morgan fingerprint density at radius 1 is 1.30 bits per heavy atom. The second-order valence-electron chi connectivity index (χ2n) is 4.73. The van der Waals surface area contributed by atoms with Crippen molar-refractivity contribution < 1.29 is 0 Å². The van der Waals surface area contributed by atoms with Crippen molar-refractivity contribution in [3.8, 4) is 0 Å². The molecule has 4 unspecified atom stereocenters. The van der Waals surface area contributed by atoms with E-state index in [0.717, 1.165) is 29.1 Å². The van der Waals surface area contributed by atoms with Crippen LogP contribution in [0.2, 0.25) is 0 Å². The summed E-state index contributed by atoms with van der Waals surface area (Å²) in [6.07, 6.45) is 1.53. The lowest BCUT2D eigenvalue weighted by molar-refractivity contribution is 0.0459. The number of hydrogen-bond acceptors (Lipinski definition) is 0. The van der Waals surface area contributed by atoms with Crippen molar-refractivity contribution in [2.75, 3.05) is 0 Å². The minimum atomic E-state index is 0.819. The molecule has 0 N–H and O–H groups in total. The summed E-state index contributed by atoms with van der Waals surface area (Å²) in [6.45, 7) is 9.64. The molecule has 0 aliphatic heterocycles. The Morgan fingerprint density at radius 3 is 2.10 bits per heavy atom. The van der Waals surface area contributed by atoms with Gasteiger partial charge in [-0.3, -0.25) is 0 Å². The van der Waals surface area contributed by atoms with E-state index in [1.165, 1.54) is 6.42 Å². The molecule has 0 saturated heterocycles. The van der Waals surface area contributed by atoms with Crippen LogP contribution in [0.4, 0.5) is 0 Å². The highest BCUT2D eigenvalue weighted by molar-refractivity contribution is 5.18. The van der Waals surface area contributed by atoms with E-state index in [4.69, 9.17) is 0 Å². The Morgan fingerprint density at radius 2 is 1.90 bits per heavy atom. The molecule has 58 valence electrons. The molecule has 4 atom stereocenters. The zero-order valence-electron chi connectivity index (χ0n) is 7.52. The second-order valence-corrected chi connectivity index (χ2v) is 4.73. The van der Waals surface area contributed by atoms with Gasteiger partial charge in [0, 0.05) is 0 Å². The van der Waals surface area contributed by atoms with Gasteiger partial charge in [0.15, 0.2) is 0 Å². The monoisotopic (exact) mass is 138 g/mol. The van der Waals surface area contributed by atoms with Crippen LogP contribution in [0.5, 0.6) is 0 Å². The number of rotatable bonds is 1. The topological polar surface area (TPSA) is 0 Å². The SMILES string of the molecule is CC1C(C)C2(C(C)C)CC12. The van der Waals surface area contributed by atoms with Crippen LogP contribution in [0.3, 0.4) is 0 Å². The van der Waals surface area contributed by atoms with E-state index < -0.39 is 0 Å². The molecule has 2 aliphatic carbocycles. The van der Waals surface area contributed by atoms with Gasteiger partial charge in [-0.05, 0) is 35.5 Å².